The predicted octanol–water partition coefficient (Wildman–Crippen LogP) is 3.02. The van der Waals surface area contributed by atoms with Gasteiger partial charge in [-0.15, -0.1) is 11.3 Å². The van der Waals surface area contributed by atoms with Crippen molar-refractivity contribution in [1.82, 2.24) is 9.97 Å². The van der Waals surface area contributed by atoms with E-state index < -0.39 is 5.91 Å². The standard InChI is InChI=1S/C14H10ClN3O2S/c15-9-1-2-11-10(6-9)18-13(21-11)7-20-12-5-8(14(16)19)3-4-17-12/h1-6H,7H2,(H2,16,19). The van der Waals surface area contributed by atoms with Crippen LogP contribution in [-0.4, -0.2) is 15.9 Å². The molecule has 0 radical (unpaired) electrons. The first-order chi connectivity index (χ1) is 10.1. The van der Waals surface area contributed by atoms with Gasteiger partial charge in [-0.2, -0.15) is 0 Å². The minimum absolute atomic E-state index is 0.270. The molecule has 2 aromatic heterocycles. The predicted molar refractivity (Wildman–Crippen MR) is 81.7 cm³/mol. The summed E-state index contributed by atoms with van der Waals surface area (Å²) in [7, 11) is 0. The van der Waals surface area contributed by atoms with Crippen molar-refractivity contribution in [2.75, 3.05) is 0 Å². The van der Waals surface area contributed by atoms with Crippen molar-refractivity contribution in [3.63, 3.8) is 0 Å². The second-order valence-electron chi connectivity index (χ2n) is 4.26. The van der Waals surface area contributed by atoms with E-state index in [1.54, 1.807) is 0 Å². The van der Waals surface area contributed by atoms with Crippen molar-refractivity contribution < 1.29 is 9.53 Å². The number of nitrogens with two attached hydrogens (primary N) is 1. The summed E-state index contributed by atoms with van der Waals surface area (Å²) in [4.78, 5) is 19.6. The van der Waals surface area contributed by atoms with Gasteiger partial charge >= 0.3 is 0 Å². The molecule has 0 bridgehead atoms. The van der Waals surface area contributed by atoms with Crippen LogP contribution in [0.5, 0.6) is 5.88 Å². The number of aromatic nitrogens is 2. The first-order valence-corrected chi connectivity index (χ1v) is 7.25. The van der Waals surface area contributed by atoms with Crippen LogP contribution in [0, 0.1) is 0 Å². The molecule has 5 nitrogen and oxygen atoms in total. The van der Waals surface area contributed by atoms with E-state index in [0.29, 0.717) is 16.5 Å². The molecule has 7 heteroatoms. The van der Waals surface area contributed by atoms with E-state index in [0.717, 1.165) is 15.2 Å². The van der Waals surface area contributed by atoms with Gasteiger partial charge in [0.1, 0.15) is 11.6 Å². The zero-order chi connectivity index (χ0) is 14.8. The Kier molecular flexibility index (Phi) is 3.72. The van der Waals surface area contributed by atoms with Gasteiger partial charge in [-0.25, -0.2) is 9.97 Å². The summed E-state index contributed by atoms with van der Waals surface area (Å²) < 4.78 is 6.58. The third-order valence-electron chi connectivity index (χ3n) is 2.76. The minimum atomic E-state index is -0.517. The van der Waals surface area contributed by atoms with E-state index in [9.17, 15) is 4.79 Å². The fourth-order valence-corrected chi connectivity index (χ4v) is 2.81. The molecule has 0 saturated carbocycles. The number of rotatable bonds is 4. The highest BCUT2D eigenvalue weighted by Gasteiger charge is 2.07. The number of carbonyl (C=O) groups is 1. The SMILES string of the molecule is NC(=O)c1ccnc(OCc2nc3cc(Cl)ccc3s2)c1. The molecule has 3 rings (SSSR count). The highest BCUT2D eigenvalue weighted by molar-refractivity contribution is 7.18. The number of fused-ring (bicyclic) bond motifs is 1. The highest BCUT2D eigenvalue weighted by Crippen LogP contribution is 2.25. The maximum atomic E-state index is 11.1. The maximum absolute atomic E-state index is 11.1. The number of ether oxygens (including phenoxy) is 1. The van der Waals surface area contributed by atoms with Crippen LogP contribution in [0.25, 0.3) is 10.2 Å². The maximum Gasteiger partial charge on any atom is 0.248 e. The first-order valence-electron chi connectivity index (χ1n) is 6.05. The van der Waals surface area contributed by atoms with Gasteiger partial charge in [0.15, 0.2) is 0 Å². The fourth-order valence-electron chi connectivity index (χ4n) is 1.79. The summed E-state index contributed by atoms with van der Waals surface area (Å²) >= 11 is 7.45. The molecule has 1 aromatic carbocycles. The zero-order valence-electron chi connectivity index (χ0n) is 10.7. The third kappa shape index (κ3) is 3.12. The Morgan fingerprint density at radius 2 is 2.19 bits per heavy atom. The van der Waals surface area contributed by atoms with Gasteiger partial charge in [0, 0.05) is 22.8 Å². The number of nitrogens with zero attached hydrogens (tertiary/aromatic N) is 2. The van der Waals surface area contributed by atoms with Gasteiger partial charge in [0.05, 0.1) is 10.2 Å². The first kappa shape index (κ1) is 13.8. The van der Waals surface area contributed by atoms with Gasteiger partial charge in [0.25, 0.3) is 0 Å². The Balaban J connectivity index is 1.77. The summed E-state index contributed by atoms with van der Waals surface area (Å²) in [6.45, 7) is 0.270. The molecule has 0 atom stereocenters. The molecule has 0 saturated heterocycles. The number of benzene rings is 1. The van der Waals surface area contributed by atoms with Crippen LogP contribution in [0.15, 0.2) is 36.5 Å². The molecule has 0 aliphatic rings. The molecule has 2 heterocycles. The monoisotopic (exact) mass is 319 g/mol. The Morgan fingerprint density at radius 3 is 3.00 bits per heavy atom. The lowest BCUT2D eigenvalue weighted by Gasteiger charge is -2.03. The minimum Gasteiger partial charge on any atom is -0.470 e. The molecule has 21 heavy (non-hydrogen) atoms. The summed E-state index contributed by atoms with van der Waals surface area (Å²) in [6, 6.07) is 8.60. The van der Waals surface area contributed by atoms with Crippen molar-refractivity contribution in [2.45, 2.75) is 6.61 Å². The van der Waals surface area contributed by atoms with Crippen molar-refractivity contribution in [1.29, 1.82) is 0 Å². The topological polar surface area (TPSA) is 78.1 Å². The summed E-state index contributed by atoms with van der Waals surface area (Å²) in [5.41, 5.74) is 6.41. The van der Waals surface area contributed by atoms with Crippen LogP contribution in [0.2, 0.25) is 5.02 Å². The summed E-state index contributed by atoms with van der Waals surface area (Å²) in [5.74, 6) is -0.180. The number of pyridine rings is 1. The normalized spacial score (nSPS) is 10.7. The number of hydrogen-bond acceptors (Lipinski definition) is 5. The second kappa shape index (κ2) is 5.67. The van der Waals surface area contributed by atoms with Crippen LogP contribution in [0.4, 0.5) is 0 Å². The molecular formula is C14H10ClN3O2S. The van der Waals surface area contributed by atoms with E-state index in [1.807, 2.05) is 18.2 Å². The molecule has 0 aliphatic carbocycles. The molecular weight excluding hydrogens is 310 g/mol. The van der Waals surface area contributed by atoms with E-state index in [2.05, 4.69) is 9.97 Å². The quantitative estimate of drug-likeness (QED) is 0.801. The van der Waals surface area contributed by atoms with Gasteiger partial charge < -0.3 is 10.5 Å². The molecule has 0 spiro atoms. The van der Waals surface area contributed by atoms with Gasteiger partial charge in [0.2, 0.25) is 11.8 Å². The molecule has 106 valence electrons. The summed E-state index contributed by atoms with van der Waals surface area (Å²) in [5, 5.41) is 1.45. The third-order valence-corrected chi connectivity index (χ3v) is 4.00. The van der Waals surface area contributed by atoms with Crippen molar-refractivity contribution >= 4 is 39.1 Å². The Morgan fingerprint density at radius 1 is 1.33 bits per heavy atom. The molecule has 1 amide bonds. The lowest BCUT2D eigenvalue weighted by Crippen LogP contribution is -2.11. The van der Waals surface area contributed by atoms with Crippen molar-refractivity contribution in [3.05, 3.63) is 52.1 Å². The van der Waals surface area contributed by atoms with E-state index in [-0.39, 0.29) is 6.61 Å². The van der Waals surface area contributed by atoms with Gasteiger partial charge in [-0.3, -0.25) is 4.79 Å². The van der Waals surface area contributed by atoms with Crippen molar-refractivity contribution in [2.24, 2.45) is 5.73 Å². The molecule has 3 aromatic rings. The second-order valence-corrected chi connectivity index (χ2v) is 5.81. The van der Waals surface area contributed by atoms with Crippen molar-refractivity contribution in [3.8, 4) is 5.88 Å². The fraction of sp³-hybridized carbons (Fsp3) is 0.0714. The average molecular weight is 320 g/mol. The van der Waals surface area contributed by atoms with Crippen LogP contribution in [0.3, 0.4) is 0 Å². The zero-order valence-corrected chi connectivity index (χ0v) is 12.3. The van der Waals surface area contributed by atoms with Gasteiger partial charge in [-0.05, 0) is 24.3 Å². The number of thiazole rings is 1. The summed E-state index contributed by atoms with van der Waals surface area (Å²) in [6.07, 6.45) is 1.48. The Bertz CT molecular complexity index is 819. The number of hydrogen-bond donors (Lipinski definition) is 1. The molecule has 0 aliphatic heterocycles. The number of halogens is 1. The highest BCUT2D eigenvalue weighted by atomic mass is 35.5. The lowest BCUT2D eigenvalue weighted by molar-refractivity contribution is 0.0999. The average Bonchev–Trinajstić information content (AvgIpc) is 2.87. The Hall–Kier alpha value is -2.18. The number of primary amides is 1. The van der Waals surface area contributed by atoms with Crippen LogP contribution in [0.1, 0.15) is 15.4 Å². The number of carbonyl (C=O) groups excluding carboxylic acids is 1. The Labute approximate surface area is 129 Å². The number of amides is 1. The largest absolute Gasteiger partial charge is 0.470 e. The van der Waals surface area contributed by atoms with Crippen LogP contribution in [-0.2, 0) is 6.61 Å². The van der Waals surface area contributed by atoms with Crippen LogP contribution < -0.4 is 10.5 Å². The molecule has 0 unspecified atom stereocenters. The van der Waals surface area contributed by atoms with Crippen LogP contribution >= 0.6 is 22.9 Å². The molecule has 2 N–H and O–H groups in total. The van der Waals surface area contributed by atoms with E-state index >= 15 is 0 Å². The molecule has 0 fully saturated rings. The lowest BCUT2D eigenvalue weighted by atomic mass is 10.2. The van der Waals surface area contributed by atoms with Gasteiger partial charge in [-0.1, -0.05) is 11.6 Å². The smallest absolute Gasteiger partial charge is 0.248 e. The van der Waals surface area contributed by atoms with E-state index in [1.165, 1.54) is 29.7 Å². The van der Waals surface area contributed by atoms with E-state index in [4.69, 9.17) is 22.1 Å².